The van der Waals surface area contributed by atoms with Crippen molar-refractivity contribution >= 4 is 11.8 Å². The van der Waals surface area contributed by atoms with E-state index in [1.807, 2.05) is 0 Å². The summed E-state index contributed by atoms with van der Waals surface area (Å²) in [6, 6.07) is 0. The van der Waals surface area contributed by atoms with E-state index in [1.165, 1.54) is 20.2 Å². The van der Waals surface area contributed by atoms with Gasteiger partial charge in [0.1, 0.15) is 5.78 Å². The molecule has 15 heavy (non-hydrogen) atoms. The lowest BCUT2D eigenvalue weighted by molar-refractivity contribution is -0.117. The molecule has 1 rings (SSSR count). The van der Waals surface area contributed by atoms with E-state index in [0.717, 1.165) is 10.8 Å². The van der Waals surface area contributed by atoms with Crippen LogP contribution in [0.25, 0.3) is 0 Å². The largest absolute Gasteiger partial charge is 0.465 e. The van der Waals surface area contributed by atoms with Gasteiger partial charge in [-0.15, -0.1) is 0 Å². The molecular weight excluding hydrogens is 200 g/mol. The minimum absolute atomic E-state index is 0.101. The van der Waals surface area contributed by atoms with Crippen LogP contribution in [0.5, 0.6) is 0 Å². The summed E-state index contributed by atoms with van der Waals surface area (Å²) in [7, 11) is 1.22. The van der Waals surface area contributed by atoms with Gasteiger partial charge in [0.15, 0.2) is 0 Å². The average Bonchev–Trinajstić information content (AvgIpc) is 2.19. The third-order valence-corrected chi connectivity index (χ3v) is 1.67. The number of carbonyl (C=O) groups is 2. The molecule has 0 saturated heterocycles. The fourth-order valence-corrected chi connectivity index (χ4v) is 1.03. The monoisotopic (exact) mass is 210 g/mol. The second-order valence-corrected chi connectivity index (χ2v) is 2.95. The summed E-state index contributed by atoms with van der Waals surface area (Å²) in [5, 5.41) is 0. The maximum absolute atomic E-state index is 11.2. The highest BCUT2D eigenvalue weighted by Crippen LogP contribution is 1.96. The number of Topliss-reactive ketones (excluding diaryl/α,β-unsaturated/α-hetero) is 1. The number of rotatable bonds is 3. The number of hydrogen-bond acceptors (Lipinski definition) is 5. The number of aromatic nitrogens is 2. The van der Waals surface area contributed by atoms with Crippen molar-refractivity contribution in [2.45, 2.75) is 13.5 Å². The molecule has 0 aliphatic carbocycles. The van der Waals surface area contributed by atoms with Gasteiger partial charge in [0.25, 0.3) is 0 Å². The van der Waals surface area contributed by atoms with E-state index >= 15 is 0 Å². The SMILES string of the molecule is COC(=O)c1cnc(=O)n(CC(C)=O)c1. The first kappa shape index (κ1) is 11.1. The topological polar surface area (TPSA) is 78.3 Å². The third-order valence-electron chi connectivity index (χ3n) is 1.67. The van der Waals surface area contributed by atoms with Crippen molar-refractivity contribution in [3.05, 3.63) is 28.4 Å². The molecule has 1 aromatic heterocycles. The summed E-state index contributed by atoms with van der Waals surface area (Å²) in [6.07, 6.45) is 2.37. The minimum atomic E-state index is -0.597. The molecule has 0 bridgehead atoms. The molecule has 0 spiro atoms. The van der Waals surface area contributed by atoms with Crippen molar-refractivity contribution in [1.29, 1.82) is 0 Å². The molecule has 6 nitrogen and oxygen atoms in total. The Morgan fingerprint density at radius 2 is 2.20 bits per heavy atom. The molecule has 0 aliphatic rings. The highest BCUT2D eigenvalue weighted by Gasteiger charge is 2.08. The number of methoxy groups -OCH3 is 1. The maximum atomic E-state index is 11.2. The Morgan fingerprint density at radius 1 is 1.53 bits per heavy atom. The molecule has 0 amide bonds. The van der Waals surface area contributed by atoms with Crippen molar-refractivity contribution in [3.8, 4) is 0 Å². The summed E-state index contributed by atoms with van der Waals surface area (Å²) in [5.41, 5.74) is -0.434. The van der Waals surface area contributed by atoms with Crippen LogP contribution in [0.1, 0.15) is 17.3 Å². The molecule has 0 aromatic carbocycles. The van der Waals surface area contributed by atoms with E-state index in [0.29, 0.717) is 0 Å². The van der Waals surface area contributed by atoms with Gasteiger partial charge in [-0.25, -0.2) is 14.6 Å². The molecule has 0 radical (unpaired) electrons. The number of nitrogens with zero attached hydrogens (tertiary/aromatic N) is 2. The van der Waals surface area contributed by atoms with Crippen LogP contribution in [-0.2, 0) is 16.1 Å². The summed E-state index contributed by atoms with van der Waals surface area (Å²) in [4.78, 5) is 36.5. The maximum Gasteiger partial charge on any atom is 0.347 e. The standard InChI is InChI=1S/C9H10N2O4/c1-6(12)4-11-5-7(8(13)15-2)3-10-9(11)14/h3,5H,4H2,1-2H3. The second-order valence-electron chi connectivity index (χ2n) is 2.95. The highest BCUT2D eigenvalue weighted by atomic mass is 16.5. The predicted molar refractivity (Wildman–Crippen MR) is 50.5 cm³/mol. The number of ether oxygens (including phenoxy) is 1. The lowest BCUT2D eigenvalue weighted by Crippen LogP contribution is -2.26. The van der Waals surface area contributed by atoms with Crippen LogP contribution in [0.2, 0.25) is 0 Å². The molecule has 80 valence electrons. The zero-order valence-corrected chi connectivity index (χ0v) is 8.39. The van der Waals surface area contributed by atoms with Crippen LogP contribution in [0.3, 0.4) is 0 Å². The van der Waals surface area contributed by atoms with E-state index < -0.39 is 11.7 Å². The highest BCUT2D eigenvalue weighted by molar-refractivity contribution is 5.88. The number of hydrogen-bond donors (Lipinski definition) is 0. The molecule has 1 aromatic rings. The van der Waals surface area contributed by atoms with Crippen LogP contribution < -0.4 is 5.69 Å². The van der Waals surface area contributed by atoms with E-state index in [-0.39, 0.29) is 17.9 Å². The fourth-order valence-electron chi connectivity index (χ4n) is 1.03. The van der Waals surface area contributed by atoms with Gasteiger partial charge < -0.3 is 4.74 Å². The first-order valence-corrected chi connectivity index (χ1v) is 4.19. The molecule has 0 N–H and O–H groups in total. The summed E-state index contributed by atoms with van der Waals surface area (Å²) in [5.74, 6) is -0.791. The predicted octanol–water partition coefficient (Wildman–Crippen LogP) is -0.381. The molecule has 1 heterocycles. The summed E-state index contributed by atoms with van der Waals surface area (Å²) < 4.78 is 5.52. The van der Waals surface area contributed by atoms with E-state index in [9.17, 15) is 14.4 Å². The first-order valence-electron chi connectivity index (χ1n) is 4.19. The normalized spacial score (nSPS) is 9.73. The Bertz CT molecular complexity index is 450. The van der Waals surface area contributed by atoms with Gasteiger partial charge in [-0.1, -0.05) is 0 Å². The second kappa shape index (κ2) is 4.50. The van der Waals surface area contributed by atoms with E-state index in [4.69, 9.17) is 0 Å². The molecule has 0 unspecified atom stereocenters. The van der Waals surface area contributed by atoms with Gasteiger partial charge in [-0.3, -0.25) is 9.36 Å². The lowest BCUT2D eigenvalue weighted by atomic mass is 10.3. The lowest BCUT2D eigenvalue weighted by Gasteiger charge is -2.03. The Balaban J connectivity index is 3.10. The van der Waals surface area contributed by atoms with Crippen molar-refractivity contribution in [2.75, 3.05) is 7.11 Å². The van der Waals surface area contributed by atoms with Gasteiger partial charge in [0.2, 0.25) is 0 Å². The molecule has 0 aliphatic heterocycles. The molecule has 0 fully saturated rings. The Morgan fingerprint density at radius 3 is 2.73 bits per heavy atom. The minimum Gasteiger partial charge on any atom is -0.465 e. The molecule has 0 saturated carbocycles. The van der Waals surface area contributed by atoms with Crippen LogP contribution in [0.15, 0.2) is 17.2 Å². The van der Waals surface area contributed by atoms with Gasteiger partial charge >= 0.3 is 11.7 Å². The first-order chi connectivity index (χ1) is 7.04. The molecular formula is C9H10N2O4. The number of ketones is 1. The number of carbonyl (C=O) groups excluding carboxylic acids is 2. The number of esters is 1. The average molecular weight is 210 g/mol. The quantitative estimate of drug-likeness (QED) is 0.635. The Kier molecular flexibility index (Phi) is 3.33. The zero-order chi connectivity index (χ0) is 11.4. The Labute approximate surface area is 85.5 Å². The van der Waals surface area contributed by atoms with Gasteiger partial charge in [-0.05, 0) is 6.92 Å². The van der Waals surface area contributed by atoms with Crippen molar-refractivity contribution in [2.24, 2.45) is 0 Å². The van der Waals surface area contributed by atoms with Crippen LogP contribution in [0, 0.1) is 0 Å². The summed E-state index contributed by atoms with van der Waals surface area (Å²) >= 11 is 0. The van der Waals surface area contributed by atoms with Gasteiger partial charge in [-0.2, -0.15) is 0 Å². The third kappa shape index (κ3) is 2.73. The van der Waals surface area contributed by atoms with Crippen molar-refractivity contribution < 1.29 is 14.3 Å². The van der Waals surface area contributed by atoms with Crippen LogP contribution in [0.4, 0.5) is 0 Å². The van der Waals surface area contributed by atoms with Crippen molar-refractivity contribution in [1.82, 2.24) is 9.55 Å². The van der Waals surface area contributed by atoms with Gasteiger partial charge in [0.05, 0.1) is 19.2 Å². The molecule has 0 atom stereocenters. The van der Waals surface area contributed by atoms with E-state index in [2.05, 4.69) is 9.72 Å². The smallest absolute Gasteiger partial charge is 0.347 e. The fraction of sp³-hybridized carbons (Fsp3) is 0.333. The van der Waals surface area contributed by atoms with Crippen molar-refractivity contribution in [3.63, 3.8) is 0 Å². The Hall–Kier alpha value is -1.98. The van der Waals surface area contributed by atoms with Gasteiger partial charge in [0, 0.05) is 12.4 Å². The molecule has 6 heteroatoms. The van der Waals surface area contributed by atoms with E-state index in [1.54, 1.807) is 0 Å². The van der Waals surface area contributed by atoms with Crippen LogP contribution in [-0.4, -0.2) is 28.4 Å². The van der Waals surface area contributed by atoms with Crippen LogP contribution >= 0.6 is 0 Å². The summed E-state index contributed by atoms with van der Waals surface area (Å²) in [6.45, 7) is 1.24. The zero-order valence-electron chi connectivity index (χ0n) is 8.39.